The van der Waals surface area contributed by atoms with Crippen molar-refractivity contribution in [2.45, 2.75) is 72.3 Å². The lowest BCUT2D eigenvalue weighted by molar-refractivity contribution is 0.244. The third kappa shape index (κ3) is 3.57. The van der Waals surface area contributed by atoms with Gasteiger partial charge in [0.1, 0.15) is 11.3 Å². The van der Waals surface area contributed by atoms with Crippen LogP contribution in [0, 0.1) is 0 Å². The summed E-state index contributed by atoms with van der Waals surface area (Å²) in [5, 5.41) is 1.16. The molecule has 21 heavy (non-hydrogen) atoms. The van der Waals surface area contributed by atoms with Crippen LogP contribution in [0.1, 0.15) is 66.0 Å². The molecule has 0 bridgehead atoms. The molecule has 0 radical (unpaired) electrons. The highest BCUT2D eigenvalue weighted by Crippen LogP contribution is 2.39. The summed E-state index contributed by atoms with van der Waals surface area (Å²) in [5.74, 6) is 0.916. The molecule has 0 N–H and O–H groups in total. The Balaban J connectivity index is 2.68. The van der Waals surface area contributed by atoms with Gasteiger partial charge >= 0.3 is 0 Å². The van der Waals surface area contributed by atoms with Crippen molar-refractivity contribution in [1.82, 2.24) is 4.98 Å². The van der Waals surface area contributed by atoms with Crippen molar-refractivity contribution in [3.63, 3.8) is 0 Å². The van der Waals surface area contributed by atoms with Crippen molar-refractivity contribution in [2.24, 2.45) is 0 Å². The van der Waals surface area contributed by atoms with Crippen molar-refractivity contribution in [2.75, 3.05) is 0 Å². The van der Waals surface area contributed by atoms with Crippen molar-refractivity contribution in [3.8, 4) is 5.75 Å². The fourth-order valence-corrected chi connectivity index (χ4v) is 3.18. The van der Waals surface area contributed by atoms with E-state index in [4.69, 9.17) is 9.72 Å². The van der Waals surface area contributed by atoms with Crippen molar-refractivity contribution in [1.29, 1.82) is 0 Å². The Morgan fingerprint density at radius 3 is 2.10 bits per heavy atom. The maximum Gasteiger partial charge on any atom is 0.147 e. The molecular formula is C18H27NOS. The van der Waals surface area contributed by atoms with Crippen LogP contribution >= 0.6 is 11.3 Å². The number of aromatic nitrogens is 1. The van der Waals surface area contributed by atoms with Gasteiger partial charge in [0.15, 0.2) is 0 Å². The van der Waals surface area contributed by atoms with Gasteiger partial charge in [0.25, 0.3) is 0 Å². The summed E-state index contributed by atoms with van der Waals surface area (Å²) in [5.41, 5.74) is 2.48. The summed E-state index contributed by atoms with van der Waals surface area (Å²) < 4.78 is 7.26. The maximum atomic E-state index is 6.03. The maximum absolute atomic E-state index is 6.03. The second kappa shape index (κ2) is 5.28. The van der Waals surface area contributed by atoms with Gasteiger partial charge in [0.05, 0.1) is 15.8 Å². The third-order valence-electron chi connectivity index (χ3n) is 3.33. The number of fused-ring (bicyclic) bond motifs is 1. The standard InChI is InChI=1S/C18H27NOS/c1-11(2)20-13-9-12(17(3,4)5)10-14-15(13)19-16(21-14)18(6,7)8/h9-11H,1-8H3. The SMILES string of the molecule is CC(C)Oc1cc(C(C)(C)C)cc2sc(C(C)(C)C)nc12. The molecule has 0 aliphatic heterocycles. The Kier molecular flexibility index (Phi) is 4.09. The topological polar surface area (TPSA) is 22.1 Å². The Bertz CT molecular complexity index is 642. The molecule has 0 saturated carbocycles. The van der Waals surface area contributed by atoms with Crippen molar-refractivity contribution < 1.29 is 4.74 Å². The van der Waals surface area contributed by atoms with E-state index in [1.165, 1.54) is 10.3 Å². The normalized spacial score (nSPS) is 13.2. The lowest BCUT2D eigenvalue weighted by Crippen LogP contribution is -2.13. The molecule has 3 heteroatoms. The van der Waals surface area contributed by atoms with Crippen molar-refractivity contribution >= 4 is 21.6 Å². The lowest BCUT2D eigenvalue weighted by Gasteiger charge is -2.21. The van der Waals surface area contributed by atoms with Gasteiger partial charge in [-0.25, -0.2) is 4.98 Å². The highest BCUT2D eigenvalue weighted by molar-refractivity contribution is 7.18. The Hall–Kier alpha value is -1.09. The summed E-state index contributed by atoms with van der Waals surface area (Å²) in [6.07, 6.45) is 0.156. The summed E-state index contributed by atoms with van der Waals surface area (Å²) >= 11 is 1.78. The van der Waals surface area contributed by atoms with Gasteiger partial charge in [0.2, 0.25) is 0 Å². The van der Waals surface area contributed by atoms with Crippen LogP contribution in [-0.4, -0.2) is 11.1 Å². The highest BCUT2D eigenvalue weighted by Gasteiger charge is 2.23. The Morgan fingerprint density at radius 2 is 1.62 bits per heavy atom. The van der Waals surface area contributed by atoms with Gasteiger partial charge in [-0.1, -0.05) is 41.5 Å². The number of hydrogen-bond donors (Lipinski definition) is 0. The second-order valence-corrected chi connectivity index (χ2v) is 9.04. The molecule has 116 valence electrons. The number of ether oxygens (including phenoxy) is 1. The van der Waals surface area contributed by atoms with E-state index in [9.17, 15) is 0 Å². The molecule has 0 unspecified atom stereocenters. The zero-order chi connectivity index (χ0) is 16.0. The van der Waals surface area contributed by atoms with E-state index in [-0.39, 0.29) is 16.9 Å². The van der Waals surface area contributed by atoms with E-state index in [0.29, 0.717) is 0 Å². The van der Waals surface area contributed by atoms with Crippen molar-refractivity contribution in [3.05, 3.63) is 22.7 Å². The molecule has 0 atom stereocenters. The van der Waals surface area contributed by atoms with Gasteiger partial charge in [-0.3, -0.25) is 0 Å². The van der Waals surface area contributed by atoms with E-state index >= 15 is 0 Å². The first-order chi connectivity index (χ1) is 9.48. The van der Waals surface area contributed by atoms with Crippen LogP contribution < -0.4 is 4.74 Å². The highest BCUT2D eigenvalue weighted by atomic mass is 32.1. The zero-order valence-electron chi connectivity index (χ0n) is 14.5. The molecule has 0 fully saturated rings. The Morgan fingerprint density at radius 1 is 1.00 bits per heavy atom. The molecule has 0 amide bonds. The summed E-state index contributed by atoms with van der Waals surface area (Å²) in [4.78, 5) is 4.85. The molecule has 1 aromatic heterocycles. The predicted octanol–water partition coefficient (Wildman–Crippen LogP) is 5.68. The van der Waals surface area contributed by atoms with Gasteiger partial charge in [-0.05, 0) is 37.0 Å². The molecule has 0 spiro atoms. The van der Waals surface area contributed by atoms with Crippen LogP contribution in [0.3, 0.4) is 0 Å². The molecule has 0 saturated heterocycles. The smallest absolute Gasteiger partial charge is 0.147 e. The second-order valence-electron chi connectivity index (χ2n) is 8.01. The van der Waals surface area contributed by atoms with E-state index < -0.39 is 0 Å². The molecule has 2 rings (SSSR count). The first-order valence-electron chi connectivity index (χ1n) is 7.60. The molecular weight excluding hydrogens is 278 g/mol. The van der Waals surface area contributed by atoms with Crippen LogP contribution in [0.2, 0.25) is 0 Å². The quantitative estimate of drug-likeness (QED) is 0.712. The minimum Gasteiger partial charge on any atom is -0.489 e. The van der Waals surface area contributed by atoms with Crippen LogP contribution in [0.15, 0.2) is 12.1 Å². The summed E-state index contributed by atoms with van der Waals surface area (Å²) in [7, 11) is 0. The summed E-state index contributed by atoms with van der Waals surface area (Å²) in [6, 6.07) is 4.43. The molecule has 2 nitrogen and oxygen atoms in total. The largest absolute Gasteiger partial charge is 0.489 e. The number of nitrogens with zero attached hydrogens (tertiary/aromatic N) is 1. The minimum atomic E-state index is 0.0701. The predicted molar refractivity (Wildman–Crippen MR) is 92.8 cm³/mol. The van der Waals surface area contributed by atoms with Gasteiger partial charge in [0, 0.05) is 5.41 Å². The number of rotatable bonds is 2. The molecule has 1 aromatic carbocycles. The monoisotopic (exact) mass is 305 g/mol. The average molecular weight is 305 g/mol. The van der Waals surface area contributed by atoms with Crippen LogP contribution in [0.5, 0.6) is 5.75 Å². The van der Waals surface area contributed by atoms with Gasteiger partial charge < -0.3 is 4.74 Å². The van der Waals surface area contributed by atoms with E-state index in [2.05, 4.69) is 67.5 Å². The first-order valence-corrected chi connectivity index (χ1v) is 8.42. The number of thiazole rings is 1. The van der Waals surface area contributed by atoms with Gasteiger partial charge in [-0.2, -0.15) is 0 Å². The number of benzene rings is 1. The zero-order valence-corrected chi connectivity index (χ0v) is 15.3. The summed E-state index contributed by atoms with van der Waals surface area (Å²) in [6.45, 7) is 17.4. The Labute approximate surface area is 132 Å². The van der Waals surface area contributed by atoms with E-state index in [0.717, 1.165) is 16.3 Å². The lowest BCUT2D eigenvalue weighted by atomic mass is 9.87. The fourth-order valence-electron chi connectivity index (χ4n) is 2.10. The average Bonchev–Trinajstić information content (AvgIpc) is 2.70. The number of hydrogen-bond acceptors (Lipinski definition) is 3. The van der Waals surface area contributed by atoms with E-state index in [1.54, 1.807) is 11.3 Å². The molecule has 0 aliphatic carbocycles. The fraction of sp³-hybridized carbons (Fsp3) is 0.611. The van der Waals surface area contributed by atoms with E-state index in [1.807, 2.05) is 0 Å². The molecule has 1 heterocycles. The van der Waals surface area contributed by atoms with Crippen LogP contribution in [0.25, 0.3) is 10.2 Å². The van der Waals surface area contributed by atoms with Crippen LogP contribution in [0.4, 0.5) is 0 Å². The molecule has 0 aliphatic rings. The molecule has 2 aromatic rings. The minimum absolute atomic E-state index is 0.0701. The third-order valence-corrected chi connectivity index (χ3v) is 4.76. The van der Waals surface area contributed by atoms with Gasteiger partial charge in [-0.15, -0.1) is 11.3 Å². The first kappa shape index (κ1) is 16.3. The van der Waals surface area contributed by atoms with Crippen LogP contribution in [-0.2, 0) is 10.8 Å².